The minimum atomic E-state index is -0.328. The van der Waals surface area contributed by atoms with E-state index in [-0.39, 0.29) is 6.10 Å². The van der Waals surface area contributed by atoms with Gasteiger partial charge in [0.05, 0.1) is 61.6 Å². The number of nitrogens with zero attached hydrogens (tertiary/aromatic N) is 1. The van der Waals surface area contributed by atoms with Gasteiger partial charge in [-0.3, -0.25) is 0 Å². The first-order valence-corrected chi connectivity index (χ1v) is 16.1. The number of ether oxygens (including phenoxy) is 8. The van der Waals surface area contributed by atoms with Crippen molar-refractivity contribution in [3.63, 3.8) is 0 Å². The molecule has 0 fully saturated rings. The lowest BCUT2D eigenvalue weighted by molar-refractivity contribution is 0.0852. The highest BCUT2D eigenvalue weighted by Crippen LogP contribution is 2.44. The fourth-order valence-electron chi connectivity index (χ4n) is 5.35. The highest BCUT2D eigenvalue weighted by Gasteiger charge is 2.28. The van der Waals surface area contributed by atoms with Gasteiger partial charge in [0.1, 0.15) is 0 Å². The summed E-state index contributed by atoms with van der Waals surface area (Å²) in [6.45, 7) is 1.18. The Hall–Kier alpha value is -4.18. The van der Waals surface area contributed by atoms with E-state index in [2.05, 4.69) is 11.2 Å². The highest BCUT2D eigenvalue weighted by atomic mass is 35.5. The van der Waals surface area contributed by atoms with E-state index in [0.717, 1.165) is 61.8 Å². The number of halogens is 1. The topological polar surface area (TPSA) is 95.4 Å². The third-order valence-corrected chi connectivity index (χ3v) is 8.07. The summed E-state index contributed by atoms with van der Waals surface area (Å²) < 4.78 is 45.1. The van der Waals surface area contributed by atoms with Crippen LogP contribution in [0.4, 0.5) is 0 Å². The van der Waals surface area contributed by atoms with Gasteiger partial charge in [-0.2, -0.15) is 0 Å². The van der Waals surface area contributed by atoms with E-state index in [1.165, 1.54) is 0 Å². The van der Waals surface area contributed by atoms with Crippen LogP contribution in [0.3, 0.4) is 0 Å². The quantitative estimate of drug-likeness (QED) is 0.110. The molecule has 0 saturated heterocycles. The largest absolute Gasteiger partial charge is 0.493 e. The summed E-state index contributed by atoms with van der Waals surface area (Å²) in [6.07, 6.45) is 7.74. The lowest BCUT2D eigenvalue weighted by Crippen LogP contribution is -2.06. The van der Waals surface area contributed by atoms with Crippen LogP contribution in [0, 0.1) is 6.07 Å². The molecular formula is C36H45ClNO9. The molecule has 0 aliphatic carbocycles. The Labute approximate surface area is 282 Å². The van der Waals surface area contributed by atoms with Crippen molar-refractivity contribution < 1.29 is 42.7 Å². The second-order valence-electron chi connectivity index (χ2n) is 10.9. The Balaban J connectivity index is 1.21. The van der Waals surface area contributed by atoms with E-state index in [9.17, 15) is 0 Å². The van der Waals surface area contributed by atoms with Gasteiger partial charge in [0.2, 0.25) is 11.5 Å². The third kappa shape index (κ3) is 9.44. The smallest absolute Gasteiger partial charge is 0.203 e. The van der Waals surface area contributed by atoms with E-state index < -0.39 is 0 Å². The number of unbranched alkanes of at least 4 members (excludes halogenated alkanes) is 6. The van der Waals surface area contributed by atoms with Gasteiger partial charge in [0, 0.05) is 34.7 Å². The van der Waals surface area contributed by atoms with Gasteiger partial charge in [0.25, 0.3) is 0 Å². The first-order valence-electron chi connectivity index (χ1n) is 15.8. The SMILES string of the molecule is COc1[c]cc(Cl)cc1OCCCCCCCCCOc1c(OC)cc(C2CC(c3cc(OC)c(OC)c(OC)c3)=NO2)cc1OC. The normalized spacial score (nSPS) is 13.8. The number of oxime groups is 1. The van der Waals surface area contributed by atoms with Crippen molar-refractivity contribution in [2.24, 2.45) is 5.16 Å². The maximum Gasteiger partial charge on any atom is 0.203 e. The van der Waals surface area contributed by atoms with Crippen LogP contribution >= 0.6 is 11.6 Å². The van der Waals surface area contributed by atoms with Gasteiger partial charge < -0.3 is 42.7 Å². The molecule has 0 saturated carbocycles. The zero-order valence-electron chi connectivity index (χ0n) is 28.1. The Bertz CT molecular complexity index is 1430. The number of benzene rings is 3. The predicted molar refractivity (Wildman–Crippen MR) is 181 cm³/mol. The molecule has 4 rings (SSSR count). The van der Waals surface area contributed by atoms with Gasteiger partial charge in [-0.15, -0.1) is 0 Å². The van der Waals surface area contributed by atoms with Crippen molar-refractivity contribution >= 4 is 17.3 Å². The first kappa shape index (κ1) is 35.7. The summed E-state index contributed by atoms with van der Waals surface area (Å²) in [5, 5.41) is 4.95. The van der Waals surface area contributed by atoms with Gasteiger partial charge in [-0.05, 0) is 43.2 Å². The number of rotatable bonds is 20. The minimum Gasteiger partial charge on any atom is -0.493 e. The third-order valence-electron chi connectivity index (χ3n) is 7.85. The minimum absolute atomic E-state index is 0.328. The summed E-state index contributed by atoms with van der Waals surface area (Å²) >= 11 is 6.04. The molecule has 0 aromatic heterocycles. The molecule has 47 heavy (non-hydrogen) atoms. The second-order valence-corrected chi connectivity index (χ2v) is 11.3. The molecule has 0 N–H and O–H groups in total. The van der Waals surface area contributed by atoms with Crippen LogP contribution in [0.25, 0.3) is 0 Å². The number of hydrogen-bond donors (Lipinski definition) is 0. The van der Waals surface area contributed by atoms with Crippen molar-refractivity contribution in [3.8, 4) is 46.0 Å². The molecule has 0 spiro atoms. The van der Waals surface area contributed by atoms with Crippen LogP contribution < -0.4 is 37.9 Å². The van der Waals surface area contributed by atoms with E-state index in [4.69, 9.17) is 54.3 Å². The molecule has 10 nitrogen and oxygen atoms in total. The van der Waals surface area contributed by atoms with Gasteiger partial charge in [0.15, 0.2) is 40.6 Å². The van der Waals surface area contributed by atoms with Crippen LogP contribution in [0.5, 0.6) is 46.0 Å². The summed E-state index contributed by atoms with van der Waals surface area (Å²) in [5.41, 5.74) is 2.45. The van der Waals surface area contributed by atoms with Gasteiger partial charge in [-0.25, -0.2) is 0 Å². The van der Waals surface area contributed by atoms with Gasteiger partial charge >= 0.3 is 0 Å². The fourth-order valence-corrected chi connectivity index (χ4v) is 5.51. The van der Waals surface area contributed by atoms with Crippen molar-refractivity contribution in [2.45, 2.75) is 57.5 Å². The average Bonchev–Trinajstić information content (AvgIpc) is 3.60. The molecule has 0 amide bonds. The van der Waals surface area contributed by atoms with Crippen LogP contribution in [0.15, 0.2) is 41.6 Å². The molecule has 1 aliphatic rings. The lowest BCUT2D eigenvalue weighted by atomic mass is 9.99. The highest BCUT2D eigenvalue weighted by molar-refractivity contribution is 6.30. The summed E-state index contributed by atoms with van der Waals surface area (Å²) in [4.78, 5) is 5.85. The Morgan fingerprint density at radius 1 is 0.660 bits per heavy atom. The molecule has 3 aromatic rings. The molecule has 0 bridgehead atoms. The van der Waals surface area contributed by atoms with E-state index in [0.29, 0.717) is 70.7 Å². The standard InChI is InChI=1S/C36H45ClNO9/c1-39-28-15-14-26(37)22-30(28)45-16-12-10-8-7-9-11-13-17-46-36-33(42-4)20-25(21-34(36)43-5)29-23-27(38-47-29)24-18-31(40-2)35(44-6)32(19-24)41-3/h14,18-22,29H,7-13,16-17,23H2,1-6H3. The molecule has 3 aromatic carbocycles. The Kier molecular flexibility index (Phi) is 13.8. The van der Waals surface area contributed by atoms with Crippen molar-refractivity contribution in [2.75, 3.05) is 55.9 Å². The van der Waals surface area contributed by atoms with Crippen LogP contribution in [-0.4, -0.2) is 61.6 Å². The molecule has 1 aliphatic heterocycles. The molecule has 1 atom stereocenters. The van der Waals surface area contributed by atoms with Crippen LogP contribution in [0.2, 0.25) is 5.02 Å². The van der Waals surface area contributed by atoms with Crippen LogP contribution in [-0.2, 0) is 4.84 Å². The molecular weight excluding hydrogens is 626 g/mol. The monoisotopic (exact) mass is 670 g/mol. The summed E-state index contributed by atoms with van der Waals surface area (Å²) in [5.74, 6) is 4.57. The molecule has 1 heterocycles. The van der Waals surface area contributed by atoms with E-state index in [1.54, 1.807) is 54.8 Å². The van der Waals surface area contributed by atoms with Crippen molar-refractivity contribution in [1.82, 2.24) is 0 Å². The van der Waals surface area contributed by atoms with Crippen molar-refractivity contribution in [3.05, 3.63) is 58.6 Å². The van der Waals surface area contributed by atoms with Gasteiger partial charge in [-0.1, -0.05) is 48.9 Å². The zero-order valence-corrected chi connectivity index (χ0v) is 28.9. The lowest BCUT2D eigenvalue weighted by Gasteiger charge is -2.18. The maximum absolute atomic E-state index is 6.16. The fraction of sp³-hybridized carbons (Fsp3) is 0.472. The van der Waals surface area contributed by atoms with E-state index >= 15 is 0 Å². The number of hydrogen-bond acceptors (Lipinski definition) is 10. The predicted octanol–water partition coefficient (Wildman–Crippen LogP) is 8.25. The molecule has 1 radical (unpaired) electrons. The summed E-state index contributed by atoms with van der Waals surface area (Å²) in [6, 6.07) is 14.0. The zero-order chi connectivity index (χ0) is 33.6. The molecule has 255 valence electrons. The van der Waals surface area contributed by atoms with Crippen LogP contribution in [0.1, 0.15) is 68.6 Å². The molecule has 11 heteroatoms. The Morgan fingerprint density at radius 3 is 1.77 bits per heavy atom. The maximum atomic E-state index is 6.16. The van der Waals surface area contributed by atoms with Crippen molar-refractivity contribution in [1.29, 1.82) is 0 Å². The Morgan fingerprint density at radius 2 is 1.21 bits per heavy atom. The van der Waals surface area contributed by atoms with E-state index in [1.807, 2.05) is 24.3 Å². The first-order chi connectivity index (χ1) is 23.0. The number of methoxy groups -OCH3 is 6. The average molecular weight is 671 g/mol. The molecule has 1 unspecified atom stereocenters. The second kappa shape index (κ2) is 18.2. The summed E-state index contributed by atoms with van der Waals surface area (Å²) in [7, 11) is 9.57.